The highest BCUT2D eigenvalue weighted by atomic mass is 35.5. The maximum atomic E-state index is 13.7. The van der Waals surface area contributed by atoms with Gasteiger partial charge in [0, 0.05) is 11.4 Å². The summed E-state index contributed by atoms with van der Waals surface area (Å²) in [6.45, 7) is 6.13. The molecule has 1 N–H and O–H groups in total. The first kappa shape index (κ1) is 26.8. The Balaban J connectivity index is 1.74. The van der Waals surface area contributed by atoms with Gasteiger partial charge in [-0.1, -0.05) is 90.8 Å². The third-order valence-electron chi connectivity index (χ3n) is 6.07. The minimum absolute atomic E-state index is 0.133. The van der Waals surface area contributed by atoms with Crippen LogP contribution in [0.2, 0.25) is 10.0 Å². The summed E-state index contributed by atoms with van der Waals surface area (Å²) in [7, 11) is 0. The summed E-state index contributed by atoms with van der Waals surface area (Å²) in [6, 6.07) is 22.2. The highest BCUT2D eigenvalue weighted by Crippen LogP contribution is 2.43. The zero-order valence-corrected chi connectivity index (χ0v) is 22.9. The van der Waals surface area contributed by atoms with Crippen LogP contribution in [0.25, 0.3) is 0 Å². The summed E-state index contributed by atoms with van der Waals surface area (Å²) in [5.41, 5.74) is 3.91. The van der Waals surface area contributed by atoms with Crippen LogP contribution in [0.1, 0.15) is 36.5 Å². The third kappa shape index (κ3) is 5.86. The second kappa shape index (κ2) is 11.4. The van der Waals surface area contributed by atoms with Gasteiger partial charge in [0.15, 0.2) is 0 Å². The fraction of sp³-hybridized carbons (Fsp3) is 0.207. The highest BCUT2D eigenvalue weighted by molar-refractivity contribution is 8.05. The Kier molecular flexibility index (Phi) is 8.29. The van der Waals surface area contributed by atoms with Gasteiger partial charge in [0.25, 0.3) is 5.91 Å². The second-order valence-electron chi connectivity index (χ2n) is 9.06. The lowest BCUT2D eigenvalue weighted by Gasteiger charge is -2.19. The summed E-state index contributed by atoms with van der Waals surface area (Å²) in [6.07, 6.45) is 0.297. The van der Waals surface area contributed by atoms with Gasteiger partial charge in [0.2, 0.25) is 5.91 Å². The minimum Gasteiger partial charge on any atom is -0.321 e. The van der Waals surface area contributed by atoms with Crippen molar-refractivity contribution in [1.29, 1.82) is 5.26 Å². The molecular weight excluding hydrogens is 525 g/mol. The Morgan fingerprint density at radius 1 is 1.08 bits per heavy atom. The average molecular weight is 551 g/mol. The normalized spacial score (nSPS) is 16.6. The lowest BCUT2D eigenvalue weighted by molar-refractivity contribution is -0.117. The molecule has 188 valence electrons. The van der Waals surface area contributed by atoms with E-state index < -0.39 is 11.2 Å². The van der Waals surface area contributed by atoms with Crippen LogP contribution in [0.15, 0.2) is 77.3 Å². The van der Waals surface area contributed by atoms with Crippen LogP contribution >= 0.6 is 35.0 Å². The maximum absolute atomic E-state index is 13.7. The molecule has 5 nitrogen and oxygen atoms in total. The molecule has 1 fully saturated rings. The van der Waals surface area contributed by atoms with Gasteiger partial charge in [-0.05, 0) is 60.7 Å². The number of nitriles is 1. The number of rotatable bonds is 6. The van der Waals surface area contributed by atoms with E-state index in [0.29, 0.717) is 33.8 Å². The molecule has 1 heterocycles. The van der Waals surface area contributed by atoms with Crippen molar-refractivity contribution in [1.82, 2.24) is 0 Å². The molecule has 1 saturated heterocycles. The first-order valence-electron chi connectivity index (χ1n) is 11.8. The van der Waals surface area contributed by atoms with Crippen molar-refractivity contribution in [2.24, 2.45) is 0 Å². The minimum atomic E-state index is -0.591. The lowest BCUT2D eigenvalue weighted by Crippen LogP contribution is -2.31. The maximum Gasteiger partial charge on any atom is 0.269 e. The van der Waals surface area contributed by atoms with E-state index in [1.165, 1.54) is 16.7 Å². The molecule has 0 aliphatic carbocycles. The SMILES string of the molecule is Cc1ccc(NC(=O)/C(C#N)=C2\SC(Cc3cccc(Cl)c3Cl)C(=O)N2c2ccc(C(C)C)cc2)cc1. The number of carbonyl (C=O) groups is 2. The number of aryl methyl sites for hydroxylation is 1. The van der Waals surface area contributed by atoms with E-state index in [-0.39, 0.29) is 16.5 Å². The molecular formula is C29H25Cl2N3O2S. The molecule has 0 aromatic heterocycles. The van der Waals surface area contributed by atoms with Gasteiger partial charge >= 0.3 is 0 Å². The zero-order chi connectivity index (χ0) is 26.7. The Labute approximate surface area is 231 Å². The fourth-order valence-corrected chi connectivity index (χ4v) is 5.66. The summed E-state index contributed by atoms with van der Waals surface area (Å²) in [4.78, 5) is 28.4. The summed E-state index contributed by atoms with van der Waals surface area (Å²) in [5, 5.41) is 13.3. The molecule has 0 spiro atoms. The molecule has 1 aliphatic rings. The summed E-state index contributed by atoms with van der Waals surface area (Å²) >= 11 is 13.8. The largest absolute Gasteiger partial charge is 0.321 e. The Hall–Kier alpha value is -3.24. The molecule has 3 aromatic rings. The number of carbonyl (C=O) groups excluding carboxylic acids is 2. The molecule has 0 saturated carbocycles. The van der Waals surface area contributed by atoms with Gasteiger partial charge in [-0.25, -0.2) is 0 Å². The standard InChI is InChI=1S/C29H25Cl2N3O2S/c1-17(2)19-9-13-22(14-10-19)34-28(36)25(15-20-5-4-6-24(30)26(20)31)37-29(34)23(16-32)27(35)33-21-11-7-18(3)8-12-21/h4-14,17,25H,15H2,1-3H3,(H,33,35)/b29-23-. The van der Waals surface area contributed by atoms with E-state index in [1.807, 2.05) is 55.5 Å². The van der Waals surface area contributed by atoms with E-state index in [1.54, 1.807) is 24.3 Å². The van der Waals surface area contributed by atoms with Crippen molar-refractivity contribution in [2.45, 2.75) is 38.4 Å². The number of benzene rings is 3. The lowest BCUT2D eigenvalue weighted by atomic mass is 10.0. The zero-order valence-electron chi connectivity index (χ0n) is 20.6. The van der Waals surface area contributed by atoms with Gasteiger partial charge in [0.05, 0.1) is 15.3 Å². The van der Waals surface area contributed by atoms with E-state index in [9.17, 15) is 14.9 Å². The number of anilines is 2. The van der Waals surface area contributed by atoms with Crippen LogP contribution in [0, 0.1) is 18.3 Å². The summed E-state index contributed by atoms with van der Waals surface area (Å²) in [5.74, 6) is -0.489. The number of halogens is 2. The molecule has 1 aliphatic heterocycles. The van der Waals surface area contributed by atoms with Crippen molar-refractivity contribution < 1.29 is 9.59 Å². The number of amides is 2. The first-order chi connectivity index (χ1) is 17.7. The summed E-state index contributed by atoms with van der Waals surface area (Å²) < 4.78 is 0. The van der Waals surface area contributed by atoms with Crippen molar-refractivity contribution in [3.63, 3.8) is 0 Å². The molecule has 0 radical (unpaired) electrons. The van der Waals surface area contributed by atoms with E-state index in [2.05, 4.69) is 19.2 Å². The molecule has 1 unspecified atom stereocenters. The van der Waals surface area contributed by atoms with Crippen molar-refractivity contribution in [3.8, 4) is 6.07 Å². The van der Waals surface area contributed by atoms with Gasteiger partial charge in [0.1, 0.15) is 16.7 Å². The topological polar surface area (TPSA) is 73.2 Å². The van der Waals surface area contributed by atoms with Crippen LogP contribution in [0.5, 0.6) is 0 Å². The first-order valence-corrected chi connectivity index (χ1v) is 13.4. The van der Waals surface area contributed by atoms with E-state index in [4.69, 9.17) is 23.2 Å². The van der Waals surface area contributed by atoms with Crippen molar-refractivity contribution in [2.75, 3.05) is 10.2 Å². The number of hydrogen-bond acceptors (Lipinski definition) is 4. The molecule has 37 heavy (non-hydrogen) atoms. The van der Waals surface area contributed by atoms with Crippen LogP contribution in [-0.2, 0) is 16.0 Å². The van der Waals surface area contributed by atoms with Gasteiger partial charge in [-0.2, -0.15) is 5.26 Å². The number of hydrogen-bond donors (Lipinski definition) is 1. The van der Waals surface area contributed by atoms with Gasteiger partial charge in [-0.3, -0.25) is 14.5 Å². The Morgan fingerprint density at radius 3 is 2.38 bits per heavy atom. The van der Waals surface area contributed by atoms with Crippen LogP contribution < -0.4 is 10.2 Å². The molecule has 1 atom stereocenters. The van der Waals surface area contributed by atoms with Crippen LogP contribution in [0.3, 0.4) is 0 Å². The van der Waals surface area contributed by atoms with Crippen LogP contribution in [-0.4, -0.2) is 17.1 Å². The Morgan fingerprint density at radius 2 is 1.76 bits per heavy atom. The van der Waals surface area contributed by atoms with Gasteiger partial charge < -0.3 is 5.32 Å². The smallest absolute Gasteiger partial charge is 0.269 e. The molecule has 3 aromatic carbocycles. The second-order valence-corrected chi connectivity index (χ2v) is 11.0. The predicted octanol–water partition coefficient (Wildman–Crippen LogP) is 7.49. The number of nitrogens with one attached hydrogen (secondary N) is 1. The van der Waals surface area contributed by atoms with Crippen LogP contribution in [0.4, 0.5) is 11.4 Å². The molecule has 4 rings (SSSR count). The third-order valence-corrected chi connectivity index (χ3v) is 8.19. The molecule has 8 heteroatoms. The quantitative estimate of drug-likeness (QED) is 0.255. The molecule has 0 bridgehead atoms. The van der Waals surface area contributed by atoms with Crippen molar-refractivity contribution in [3.05, 3.63) is 104 Å². The monoisotopic (exact) mass is 549 g/mol. The number of nitrogens with zero attached hydrogens (tertiary/aromatic N) is 2. The van der Waals surface area contributed by atoms with Gasteiger partial charge in [-0.15, -0.1) is 0 Å². The highest BCUT2D eigenvalue weighted by Gasteiger charge is 2.41. The average Bonchev–Trinajstić information content (AvgIpc) is 3.19. The fourth-order valence-electron chi connectivity index (χ4n) is 3.97. The number of thioether (sulfide) groups is 1. The predicted molar refractivity (Wildman–Crippen MR) is 152 cm³/mol. The molecule has 2 amide bonds. The Bertz CT molecular complexity index is 1410. The van der Waals surface area contributed by atoms with E-state index in [0.717, 1.165) is 16.7 Å². The van der Waals surface area contributed by atoms with Crippen molar-refractivity contribution >= 4 is 58.2 Å². The van der Waals surface area contributed by atoms with E-state index >= 15 is 0 Å².